The minimum Gasteiger partial charge on any atom is -0.478 e. The molecule has 2 aromatic rings. The molecule has 0 aliphatic heterocycles. The molecule has 3 N–H and O–H groups in total. The third kappa shape index (κ3) is 4.17. The predicted molar refractivity (Wildman–Crippen MR) is 80.8 cm³/mol. The van der Waals surface area contributed by atoms with Crippen LogP contribution in [0.2, 0.25) is 0 Å². The van der Waals surface area contributed by atoms with Gasteiger partial charge in [0.1, 0.15) is 0 Å². The minimum absolute atomic E-state index is 0.135. The Morgan fingerprint density at radius 1 is 0.864 bits per heavy atom. The van der Waals surface area contributed by atoms with Crippen LogP contribution in [0.15, 0.2) is 54.6 Å². The third-order valence-electron chi connectivity index (χ3n) is 2.86. The van der Waals surface area contributed by atoms with Crippen molar-refractivity contribution in [3.8, 4) is 0 Å². The third-order valence-corrected chi connectivity index (χ3v) is 2.86. The van der Waals surface area contributed by atoms with Gasteiger partial charge in [0.05, 0.1) is 12.1 Å². The summed E-state index contributed by atoms with van der Waals surface area (Å²) in [5.41, 5.74) is 1.07. The zero-order valence-electron chi connectivity index (χ0n) is 11.6. The molecule has 6 heteroatoms. The molecule has 0 aliphatic rings. The molecule has 2 aromatic carbocycles. The largest absolute Gasteiger partial charge is 0.478 e. The van der Waals surface area contributed by atoms with E-state index in [1.54, 1.807) is 30.3 Å². The van der Waals surface area contributed by atoms with Gasteiger partial charge in [-0.25, -0.2) is 4.79 Å². The molecule has 22 heavy (non-hydrogen) atoms. The Morgan fingerprint density at radius 3 is 2.09 bits per heavy atom. The van der Waals surface area contributed by atoms with Gasteiger partial charge >= 0.3 is 5.97 Å². The Morgan fingerprint density at radius 2 is 1.50 bits per heavy atom. The van der Waals surface area contributed by atoms with Gasteiger partial charge in [-0.05, 0) is 36.4 Å². The Labute approximate surface area is 126 Å². The summed E-state index contributed by atoms with van der Waals surface area (Å²) < 4.78 is 0. The van der Waals surface area contributed by atoms with Crippen molar-refractivity contribution in [2.45, 2.75) is 0 Å². The van der Waals surface area contributed by atoms with Crippen LogP contribution < -0.4 is 10.6 Å². The normalized spacial score (nSPS) is 9.82. The molecular weight excluding hydrogens is 284 g/mol. The smallest absolute Gasteiger partial charge is 0.335 e. The lowest BCUT2D eigenvalue weighted by Crippen LogP contribution is -2.32. The maximum absolute atomic E-state index is 11.8. The van der Waals surface area contributed by atoms with Gasteiger partial charge in [0.25, 0.3) is 5.91 Å². The first-order valence-corrected chi connectivity index (χ1v) is 6.53. The van der Waals surface area contributed by atoms with E-state index < -0.39 is 11.9 Å². The molecule has 0 atom stereocenters. The first-order chi connectivity index (χ1) is 10.6. The maximum Gasteiger partial charge on any atom is 0.335 e. The van der Waals surface area contributed by atoms with Crippen LogP contribution in [0, 0.1) is 0 Å². The van der Waals surface area contributed by atoms with Gasteiger partial charge in [0.2, 0.25) is 5.91 Å². The Kier molecular flexibility index (Phi) is 4.87. The first kappa shape index (κ1) is 15.2. The van der Waals surface area contributed by atoms with Crippen LogP contribution in [0.4, 0.5) is 5.69 Å². The summed E-state index contributed by atoms with van der Waals surface area (Å²) in [6, 6.07) is 14.3. The van der Waals surface area contributed by atoms with Crippen molar-refractivity contribution in [3.05, 3.63) is 65.7 Å². The van der Waals surface area contributed by atoms with Crippen LogP contribution >= 0.6 is 0 Å². The summed E-state index contributed by atoms with van der Waals surface area (Å²) >= 11 is 0. The molecule has 0 bridgehead atoms. The van der Waals surface area contributed by atoms with Gasteiger partial charge in [0, 0.05) is 11.3 Å². The summed E-state index contributed by atoms with van der Waals surface area (Å²) in [7, 11) is 0. The molecule has 0 spiro atoms. The van der Waals surface area contributed by atoms with Crippen LogP contribution in [-0.4, -0.2) is 29.4 Å². The van der Waals surface area contributed by atoms with Crippen molar-refractivity contribution >= 4 is 23.5 Å². The molecule has 0 saturated heterocycles. The maximum atomic E-state index is 11.8. The van der Waals surface area contributed by atoms with Crippen molar-refractivity contribution in [2.24, 2.45) is 0 Å². The van der Waals surface area contributed by atoms with Crippen LogP contribution in [0.3, 0.4) is 0 Å². The van der Waals surface area contributed by atoms with Crippen LogP contribution in [0.1, 0.15) is 20.7 Å². The van der Waals surface area contributed by atoms with E-state index in [0.717, 1.165) is 0 Å². The molecule has 0 radical (unpaired) electrons. The fourth-order valence-electron chi connectivity index (χ4n) is 1.75. The monoisotopic (exact) mass is 298 g/mol. The number of carboxylic acids is 1. The second-order valence-electron chi connectivity index (χ2n) is 4.48. The number of benzene rings is 2. The summed E-state index contributed by atoms with van der Waals surface area (Å²) in [6.45, 7) is -0.172. The van der Waals surface area contributed by atoms with Gasteiger partial charge < -0.3 is 15.7 Å². The lowest BCUT2D eigenvalue weighted by atomic mass is 10.2. The molecule has 0 aromatic heterocycles. The molecule has 0 unspecified atom stereocenters. The number of amides is 2. The van der Waals surface area contributed by atoms with E-state index >= 15 is 0 Å². The Bertz CT molecular complexity index is 681. The van der Waals surface area contributed by atoms with Gasteiger partial charge in [0.15, 0.2) is 0 Å². The van der Waals surface area contributed by atoms with E-state index in [9.17, 15) is 14.4 Å². The molecule has 2 rings (SSSR count). The molecular formula is C16H14N2O4. The van der Waals surface area contributed by atoms with E-state index in [1.807, 2.05) is 0 Å². The van der Waals surface area contributed by atoms with E-state index in [4.69, 9.17) is 5.11 Å². The topological polar surface area (TPSA) is 95.5 Å². The zero-order chi connectivity index (χ0) is 15.9. The highest BCUT2D eigenvalue weighted by Gasteiger charge is 2.08. The predicted octanol–water partition coefficient (Wildman–Crippen LogP) is 1.75. The van der Waals surface area contributed by atoms with Gasteiger partial charge in [-0.3, -0.25) is 9.59 Å². The summed E-state index contributed by atoms with van der Waals surface area (Å²) in [6.07, 6.45) is 0. The van der Waals surface area contributed by atoms with Crippen LogP contribution in [0.5, 0.6) is 0 Å². The van der Waals surface area contributed by atoms with Gasteiger partial charge in [-0.2, -0.15) is 0 Å². The summed E-state index contributed by atoms with van der Waals surface area (Å²) in [4.78, 5) is 34.2. The first-order valence-electron chi connectivity index (χ1n) is 6.53. The second-order valence-corrected chi connectivity index (χ2v) is 4.48. The molecule has 2 amide bonds. The quantitative estimate of drug-likeness (QED) is 0.783. The number of carboxylic acid groups (broad SMARTS) is 1. The number of hydrogen-bond donors (Lipinski definition) is 3. The summed E-state index contributed by atoms with van der Waals surface area (Å²) in [5.74, 6) is -1.77. The molecule has 0 fully saturated rings. The molecule has 0 aliphatic carbocycles. The van der Waals surface area contributed by atoms with Gasteiger partial charge in [-0.15, -0.1) is 0 Å². The number of aromatic carboxylic acids is 1. The van der Waals surface area contributed by atoms with Crippen molar-refractivity contribution in [2.75, 3.05) is 11.9 Å². The molecule has 0 heterocycles. The number of carbonyl (C=O) groups is 3. The fraction of sp³-hybridized carbons (Fsp3) is 0.0625. The van der Waals surface area contributed by atoms with Gasteiger partial charge in [-0.1, -0.05) is 18.2 Å². The zero-order valence-corrected chi connectivity index (χ0v) is 11.6. The fourth-order valence-corrected chi connectivity index (χ4v) is 1.75. The Balaban J connectivity index is 1.85. The average molecular weight is 298 g/mol. The Hall–Kier alpha value is -3.15. The lowest BCUT2D eigenvalue weighted by molar-refractivity contribution is -0.115. The molecule has 6 nitrogen and oxygen atoms in total. The number of hydrogen-bond acceptors (Lipinski definition) is 3. The number of nitrogens with one attached hydrogen (secondary N) is 2. The lowest BCUT2D eigenvalue weighted by Gasteiger charge is -2.07. The molecule has 0 saturated carbocycles. The SMILES string of the molecule is O=C(CNC(=O)c1ccccc1)Nc1ccc(C(=O)O)cc1. The highest BCUT2D eigenvalue weighted by Crippen LogP contribution is 2.09. The van der Waals surface area contributed by atoms with E-state index in [-0.39, 0.29) is 18.0 Å². The number of carbonyl (C=O) groups excluding carboxylic acids is 2. The highest BCUT2D eigenvalue weighted by molar-refractivity contribution is 5.99. The number of rotatable bonds is 5. The minimum atomic E-state index is -1.03. The highest BCUT2D eigenvalue weighted by atomic mass is 16.4. The van der Waals surface area contributed by atoms with Crippen molar-refractivity contribution in [1.82, 2.24) is 5.32 Å². The average Bonchev–Trinajstić information content (AvgIpc) is 2.54. The van der Waals surface area contributed by atoms with Crippen LogP contribution in [0.25, 0.3) is 0 Å². The van der Waals surface area contributed by atoms with Crippen molar-refractivity contribution < 1.29 is 19.5 Å². The van der Waals surface area contributed by atoms with Crippen molar-refractivity contribution in [3.63, 3.8) is 0 Å². The molecule has 112 valence electrons. The van der Waals surface area contributed by atoms with Crippen LogP contribution in [-0.2, 0) is 4.79 Å². The van der Waals surface area contributed by atoms with E-state index in [1.165, 1.54) is 24.3 Å². The summed E-state index contributed by atoms with van der Waals surface area (Å²) in [5, 5.41) is 13.8. The van der Waals surface area contributed by atoms with E-state index in [2.05, 4.69) is 10.6 Å². The standard InChI is InChI=1S/C16H14N2O4/c19-14(10-17-15(20)11-4-2-1-3-5-11)18-13-8-6-12(7-9-13)16(21)22/h1-9H,10H2,(H,17,20)(H,18,19)(H,21,22). The second kappa shape index (κ2) is 7.03. The van der Waals surface area contributed by atoms with E-state index in [0.29, 0.717) is 11.3 Å². The number of anilines is 1. The van der Waals surface area contributed by atoms with Crippen molar-refractivity contribution in [1.29, 1.82) is 0 Å².